The van der Waals surface area contributed by atoms with Gasteiger partial charge in [-0.05, 0) is 24.0 Å². The van der Waals surface area contributed by atoms with Crippen molar-refractivity contribution in [2.24, 2.45) is 11.8 Å². The Labute approximate surface area is 106 Å². The Balaban J connectivity index is 1.86. The zero-order chi connectivity index (χ0) is 12.5. The Morgan fingerprint density at radius 2 is 2.17 bits per heavy atom. The SMILES string of the molecule is COC(=O)c1cccnc1N1C[C@H]2CNC[C@H]2C1. The molecule has 2 fully saturated rings. The number of carbonyl (C=O) groups is 1. The third-order valence-electron chi connectivity index (χ3n) is 3.88. The van der Waals surface area contributed by atoms with E-state index in [9.17, 15) is 4.79 Å². The fraction of sp³-hybridized carbons (Fsp3) is 0.538. The molecule has 1 N–H and O–H groups in total. The number of anilines is 1. The highest BCUT2D eigenvalue weighted by Gasteiger charge is 2.37. The molecule has 2 aliphatic rings. The monoisotopic (exact) mass is 247 g/mol. The van der Waals surface area contributed by atoms with Crippen LogP contribution in [0.3, 0.4) is 0 Å². The number of nitrogens with one attached hydrogen (secondary N) is 1. The van der Waals surface area contributed by atoms with E-state index in [0.717, 1.165) is 32.0 Å². The van der Waals surface area contributed by atoms with Gasteiger partial charge in [-0.2, -0.15) is 0 Å². The Kier molecular flexibility index (Phi) is 2.91. The highest BCUT2D eigenvalue weighted by molar-refractivity contribution is 5.94. The van der Waals surface area contributed by atoms with Gasteiger partial charge in [0.1, 0.15) is 11.4 Å². The molecule has 2 saturated heterocycles. The van der Waals surface area contributed by atoms with Crippen molar-refractivity contribution in [3.63, 3.8) is 0 Å². The van der Waals surface area contributed by atoms with Crippen LogP contribution in [-0.4, -0.2) is 44.2 Å². The summed E-state index contributed by atoms with van der Waals surface area (Å²) in [5.41, 5.74) is 0.563. The number of fused-ring (bicyclic) bond motifs is 1. The average molecular weight is 247 g/mol. The van der Waals surface area contributed by atoms with Crippen molar-refractivity contribution >= 4 is 11.8 Å². The van der Waals surface area contributed by atoms with Crippen molar-refractivity contribution in [3.8, 4) is 0 Å². The normalized spacial score (nSPS) is 26.2. The van der Waals surface area contributed by atoms with Gasteiger partial charge in [0.05, 0.1) is 7.11 Å². The van der Waals surface area contributed by atoms with E-state index >= 15 is 0 Å². The van der Waals surface area contributed by atoms with Crippen LogP contribution in [0.4, 0.5) is 5.82 Å². The van der Waals surface area contributed by atoms with Gasteiger partial charge in [0.25, 0.3) is 0 Å². The number of methoxy groups -OCH3 is 1. The molecule has 0 radical (unpaired) electrons. The van der Waals surface area contributed by atoms with Gasteiger partial charge in [-0.15, -0.1) is 0 Å². The van der Waals surface area contributed by atoms with Gasteiger partial charge in [-0.1, -0.05) is 0 Å². The maximum atomic E-state index is 11.7. The Hall–Kier alpha value is -1.62. The summed E-state index contributed by atoms with van der Waals surface area (Å²) >= 11 is 0. The second kappa shape index (κ2) is 4.57. The van der Waals surface area contributed by atoms with Gasteiger partial charge in [0, 0.05) is 32.4 Å². The summed E-state index contributed by atoms with van der Waals surface area (Å²) in [6, 6.07) is 3.55. The molecule has 0 aromatic carbocycles. The topological polar surface area (TPSA) is 54.5 Å². The molecular formula is C13H17N3O2. The lowest BCUT2D eigenvalue weighted by Crippen LogP contribution is -2.27. The van der Waals surface area contributed by atoms with Crippen molar-refractivity contribution < 1.29 is 9.53 Å². The molecule has 1 aromatic rings. The maximum Gasteiger partial charge on any atom is 0.341 e. The van der Waals surface area contributed by atoms with E-state index in [1.165, 1.54) is 7.11 Å². The number of hydrogen-bond acceptors (Lipinski definition) is 5. The van der Waals surface area contributed by atoms with Crippen LogP contribution in [-0.2, 0) is 4.74 Å². The molecule has 2 atom stereocenters. The predicted octanol–water partition coefficient (Wildman–Crippen LogP) is 0.524. The molecule has 0 saturated carbocycles. The zero-order valence-corrected chi connectivity index (χ0v) is 10.4. The van der Waals surface area contributed by atoms with Crippen LogP contribution in [0.5, 0.6) is 0 Å². The van der Waals surface area contributed by atoms with Crippen LogP contribution in [0.25, 0.3) is 0 Å². The molecule has 3 heterocycles. The minimum Gasteiger partial charge on any atom is -0.465 e. The molecular weight excluding hydrogens is 230 g/mol. The second-order valence-corrected chi connectivity index (χ2v) is 4.95. The molecule has 5 nitrogen and oxygen atoms in total. The van der Waals surface area contributed by atoms with Crippen molar-refractivity contribution in [1.29, 1.82) is 0 Å². The number of carbonyl (C=O) groups excluding carboxylic acids is 1. The Bertz CT molecular complexity index is 451. The van der Waals surface area contributed by atoms with E-state index in [2.05, 4.69) is 15.2 Å². The fourth-order valence-corrected chi connectivity index (χ4v) is 2.95. The third kappa shape index (κ3) is 1.84. The van der Waals surface area contributed by atoms with Gasteiger partial charge < -0.3 is 15.0 Å². The van der Waals surface area contributed by atoms with Crippen LogP contribution < -0.4 is 10.2 Å². The first-order valence-electron chi connectivity index (χ1n) is 6.28. The highest BCUT2D eigenvalue weighted by Crippen LogP contribution is 2.31. The van der Waals surface area contributed by atoms with Gasteiger partial charge in [0.2, 0.25) is 0 Å². The molecule has 0 unspecified atom stereocenters. The molecule has 0 bridgehead atoms. The average Bonchev–Trinajstić information content (AvgIpc) is 2.98. The van der Waals surface area contributed by atoms with Crippen molar-refractivity contribution in [2.45, 2.75) is 0 Å². The van der Waals surface area contributed by atoms with E-state index in [1.807, 2.05) is 0 Å². The largest absolute Gasteiger partial charge is 0.465 e. The van der Waals surface area contributed by atoms with Gasteiger partial charge >= 0.3 is 5.97 Å². The first-order chi connectivity index (χ1) is 8.79. The molecule has 18 heavy (non-hydrogen) atoms. The Morgan fingerprint density at radius 3 is 2.83 bits per heavy atom. The number of aromatic nitrogens is 1. The van der Waals surface area contributed by atoms with E-state index in [-0.39, 0.29) is 5.97 Å². The van der Waals surface area contributed by atoms with Gasteiger partial charge in [-0.3, -0.25) is 0 Å². The van der Waals surface area contributed by atoms with Crippen LogP contribution in [0.2, 0.25) is 0 Å². The number of nitrogens with zero attached hydrogens (tertiary/aromatic N) is 2. The molecule has 5 heteroatoms. The second-order valence-electron chi connectivity index (χ2n) is 4.95. The summed E-state index contributed by atoms with van der Waals surface area (Å²) in [5, 5.41) is 3.41. The number of ether oxygens (including phenoxy) is 1. The molecule has 1 aromatic heterocycles. The van der Waals surface area contributed by atoms with Crippen molar-refractivity contribution in [2.75, 3.05) is 38.2 Å². The van der Waals surface area contributed by atoms with Crippen LogP contribution in [0, 0.1) is 11.8 Å². The maximum absolute atomic E-state index is 11.7. The van der Waals surface area contributed by atoms with Crippen LogP contribution in [0.1, 0.15) is 10.4 Å². The van der Waals surface area contributed by atoms with Crippen molar-refractivity contribution in [3.05, 3.63) is 23.9 Å². The number of hydrogen-bond donors (Lipinski definition) is 1. The summed E-state index contributed by atoms with van der Waals surface area (Å²) in [4.78, 5) is 18.3. The molecule has 2 aliphatic heterocycles. The smallest absolute Gasteiger partial charge is 0.341 e. The summed E-state index contributed by atoms with van der Waals surface area (Å²) in [7, 11) is 1.40. The quantitative estimate of drug-likeness (QED) is 0.772. The molecule has 96 valence electrons. The standard InChI is InChI=1S/C13H17N3O2/c1-18-13(17)11-3-2-4-15-12(11)16-7-9-5-14-6-10(9)8-16/h2-4,9-10,14H,5-8H2,1H3/t9-,10+. The first kappa shape index (κ1) is 11.5. The summed E-state index contributed by atoms with van der Waals surface area (Å²) < 4.78 is 4.81. The Morgan fingerprint density at radius 1 is 1.44 bits per heavy atom. The van der Waals surface area contributed by atoms with Gasteiger partial charge in [0.15, 0.2) is 0 Å². The number of pyridine rings is 1. The first-order valence-corrected chi connectivity index (χ1v) is 6.28. The zero-order valence-electron chi connectivity index (χ0n) is 10.4. The van der Waals surface area contributed by atoms with E-state index in [1.54, 1.807) is 18.3 Å². The van der Waals surface area contributed by atoms with Crippen molar-refractivity contribution in [1.82, 2.24) is 10.3 Å². The fourth-order valence-electron chi connectivity index (χ4n) is 2.95. The molecule has 3 rings (SSSR count). The molecule has 0 amide bonds. The minimum atomic E-state index is -0.312. The van der Waals surface area contributed by atoms with E-state index < -0.39 is 0 Å². The molecule has 0 aliphatic carbocycles. The van der Waals surface area contributed by atoms with Crippen LogP contribution in [0.15, 0.2) is 18.3 Å². The van der Waals surface area contributed by atoms with E-state index in [4.69, 9.17) is 4.74 Å². The third-order valence-corrected chi connectivity index (χ3v) is 3.88. The minimum absolute atomic E-state index is 0.312. The lowest BCUT2D eigenvalue weighted by atomic mass is 10.0. The number of esters is 1. The predicted molar refractivity (Wildman–Crippen MR) is 67.6 cm³/mol. The lowest BCUT2D eigenvalue weighted by Gasteiger charge is -2.20. The summed E-state index contributed by atoms with van der Waals surface area (Å²) in [5.74, 6) is 1.81. The van der Waals surface area contributed by atoms with Crippen LogP contribution >= 0.6 is 0 Å². The highest BCUT2D eigenvalue weighted by atomic mass is 16.5. The summed E-state index contributed by atoms with van der Waals surface area (Å²) in [6.07, 6.45) is 1.73. The summed E-state index contributed by atoms with van der Waals surface area (Å²) in [6.45, 7) is 4.08. The molecule has 0 spiro atoms. The van der Waals surface area contributed by atoms with E-state index in [0.29, 0.717) is 17.4 Å². The lowest BCUT2D eigenvalue weighted by molar-refractivity contribution is 0.0601. The van der Waals surface area contributed by atoms with Gasteiger partial charge in [-0.25, -0.2) is 9.78 Å². The number of rotatable bonds is 2.